The number of sulfonamides is 1. The Bertz CT molecular complexity index is 1590. The Hall–Kier alpha value is -4.19. The number of ether oxygens (including phenoxy) is 1. The van der Waals surface area contributed by atoms with Gasteiger partial charge in [-0.2, -0.15) is 4.31 Å². The summed E-state index contributed by atoms with van der Waals surface area (Å²) in [5, 5.41) is 12.4. The lowest BCUT2D eigenvalue weighted by molar-refractivity contribution is -0.133. The summed E-state index contributed by atoms with van der Waals surface area (Å²) in [5.74, 6) is 0.0107. The zero-order valence-corrected chi connectivity index (χ0v) is 20.6. The lowest BCUT2D eigenvalue weighted by atomic mass is 10.0. The number of benzene rings is 3. The molecule has 1 atom stereocenters. The van der Waals surface area contributed by atoms with Crippen LogP contribution in [-0.2, 0) is 21.2 Å². The van der Waals surface area contributed by atoms with E-state index in [1.807, 2.05) is 31.2 Å². The highest BCUT2D eigenvalue weighted by atomic mass is 32.2. The van der Waals surface area contributed by atoms with Crippen LogP contribution < -0.4 is 15.8 Å². The van der Waals surface area contributed by atoms with Gasteiger partial charge in [0.2, 0.25) is 10.0 Å². The van der Waals surface area contributed by atoms with Gasteiger partial charge in [-0.25, -0.2) is 18.6 Å². The molecule has 0 aliphatic carbocycles. The highest BCUT2D eigenvalue weighted by molar-refractivity contribution is 7.89. The van der Waals surface area contributed by atoms with Crippen molar-refractivity contribution in [3.8, 4) is 17.2 Å². The Kier molecular flexibility index (Phi) is 6.42. The maximum Gasteiger partial charge on any atom is 0.276 e. The SMILES string of the molecule is Cc1ccc(Oc2ccc(S(=O)(=O)N3CCc4[nH]n(-c5ccccc5)c(=O)c4C3C(=O)NO)cc2)cc1. The summed E-state index contributed by atoms with van der Waals surface area (Å²) in [7, 11) is -4.23. The van der Waals surface area contributed by atoms with Crippen molar-refractivity contribution in [3.05, 3.63) is 106 Å². The van der Waals surface area contributed by atoms with E-state index in [-0.39, 0.29) is 23.4 Å². The molecule has 3 N–H and O–H groups in total. The minimum absolute atomic E-state index is 0.0375. The molecule has 1 aromatic heterocycles. The second-order valence-corrected chi connectivity index (χ2v) is 10.5. The van der Waals surface area contributed by atoms with Crippen LogP contribution in [0.3, 0.4) is 0 Å². The van der Waals surface area contributed by atoms with Crippen LogP contribution in [0, 0.1) is 6.92 Å². The molecule has 10 nitrogen and oxygen atoms in total. The number of carbonyl (C=O) groups is 1. The number of amides is 1. The van der Waals surface area contributed by atoms with Gasteiger partial charge in [-0.3, -0.25) is 19.9 Å². The first-order valence-electron chi connectivity index (χ1n) is 11.5. The van der Waals surface area contributed by atoms with Gasteiger partial charge in [0, 0.05) is 18.7 Å². The molecule has 3 aromatic carbocycles. The summed E-state index contributed by atoms with van der Waals surface area (Å²) < 4.78 is 35.2. The molecule has 0 saturated heterocycles. The smallest absolute Gasteiger partial charge is 0.276 e. The molecular formula is C26H24N4O6S. The molecule has 1 aliphatic heterocycles. The first-order valence-corrected chi connectivity index (χ1v) is 12.9. The standard InChI is InChI=1S/C26H24N4O6S/c1-17-7-9-19(10-8-17)36-20-11-13-21(14-12-20)37(34,35)29-16-15-22-23(24(29)25(31)28-33)26(32)30(27-22)18-5-3-2-4-6-18/h2-14,24,27,33H,15-16H2,1H3,(H,28,31). The molecule has 0 bridgehead atoms. The van der Waals surface area contributed by atoms with Gasteiger partial charge in [0.05, 0.1) is 16.1 Å². The second-order valence-electron chi connectivity index (χ2n) is 8.61. The van der Waals surface area contributed by atoms with E-state index < -0.39 is 27.5 Å². The van der Waals surface area contributed by atoms with Gasteiger partial charge in [-0.05, 0) is 55.5 Å². The maximum atomic E-state index is 13.6. The highest BCUT2D eigenvalue weighted by Crippen LogP contribution is 2.33. The minimum atomic E-state index is -4.23. The predicted octanol–water partition coefficient (Wildman–Crippen LogP) is 3.06. The number of aryl methyl sites for hydroxylation is 1. The Labute approximate surface area is 212 Å². The van der Waals surface area contributed by atoms with Gasteiger partial charge in [0.15, 0.2) is 0 Å². The number of hydrogen-bond donors (Lipinski definition) is 3. The number of aromatic nitrogens is 2. The van der Waals surface area contributed by atoms with Crippen LogP contribution in [0.25, 0.3) is 5.69 Å². The molecule has 4 aromatic rings. The lowest BCUT2D eigenvalue weighted by Crippen LogP contribution is -2.48. The quantitative estimate of drug-likeness (QED) is 0.264. The van der Waals surface area contributed by atoms with Crippen LogP contribution in [-0.4, -0.2) is 40.2 Å². The van der Waals surface area contributed by atoms with Crippen molar-refractivity contribution in [2.75, 3.05) is 6.54 Å². The number of nitrogens with one attached hydrogen (secondary N) is 2. The van der Waals surface area contributed by atoms with Crippen molar-refractivity contribution in [2.45, 2.75) is 24.3 Å². The summed E-state index contributed by atoms with van der Waals surface area (Å²) in [4.78, 5) is 26.0. The van der Waals surface area contributed by atoms with Crippen LogP contribution in [0.4, 0.5) is 0 Å². The van der Waals surface area contributed by atoms with Gasteiger partial charge < -0.3 is 4.74 Å². The number of rotatable bonds is 6. The van der Waals surface area contributed by atoms with E-state index in [2.05, 4.69) is 5.10 Å². The summed E-state index contributed by atoms with van der Waals surface area (Å²) in [5.41, 5.74) is 2.95. The summed E-state index contributed by atoms with van der Waals surface area (Å²) in [6, 6.07) is 20.4. The Morgan fingerprint density at radius 1 is 1.00 bits per heavy atom. The molecule has 0 radical (unpaired) electrons. The van der Waals surface area contributed by atoms with Gasteiger partial charge in [0.1, 0.15) is 17.5 Å². The molecule has 2 heterocycles. The van der Waals surface area contributed by atoms with Crippen molar-refractivity contribution in [1.82, 2.24) is 19.6 Å². The monoisotopic (exact) mass is 520 g/mol. The average molecular weight is 521 g/mol. The molecular weight excluding hydrogens is 496 g/mol. The van der Waals surface area contributed by atoms with E-state index in [0.717, 1.165) is 9.87 Å². The molecule has 0 spiro atoms. The summed E-state index contributed by atoms with van der Waals surface area (Å²) >= 11 is 0. The molecule has 1 amide bonds. The van der Waals surface area contributed by atoms with Gasteiger partial charge in [-0.15, -0.1) is 0 Å². The minimum Gasteiger partial charge on any atom is -0.457 e. The fourth-order valence-electron chi connectivity index (χ4n) is 4.36. The van der Waals surface area contributed by atoms with Gasteiger partial charge in [-0.1, -0.05) is 35.9 Å². The number of H-pyrrole nitrogens is 1. The summed E-state index contributed by atoms with van der Waals surface area (Å²) in [6.45, 7) is 1.88. The molecule has 5 rings (SSSR count). The van der Waals surface area contributed by atoms with Crippen molar-refractivity contribution in [3.63, 3.8) is 0 Å². The zero-order chi connectivity index (χ0) is 26.2. The van der Waals surface area contributed by atoms with Gasteiger partial charge >= 0.3 is 0 Å². The number of hydroxylamine groups is 1. The van der Waals surface area contributed by atoms with E-state index in [0.29, 0.717) is 22.9 Å². The number of aromatic amines is 1. The molecule has 11 heteroatoms. The Balaban J connectivity index is 1.49. The van der Waals surface area contributed by atoms with E-state index >= 15 is 0 Å². The molecule has 0 saturated carbocycles. The number of carbonyl (C=O) groups excluding carboxylic acids is 1. The first kappa shape index (κ1) is 24.5. The third-order valence-corrected chi connectivity index (χ3v) is 8.09. The molecule has 0 fully saturated rings. The fraction of sp³-hybridized carbons (Fsp3) is 0.154. The third kappa shape index (κ3) is 4.55. The third-order valence-electron chi connectivity index (χ3n) is 6.21. The van der Waals surface area contributed by atoms with E-state index in [1.54, 1.807) is 30.3 Å². The van der Waals surface area contributed by atoms with Crippen molar-refractivity contribution >= 4 is 15.9 Å². The number of fused-ring (bicyclic) bond motifs is 1. The lowest BCUT2D eigenvalue weighted by Gasteiger charge is -2.32. The first-order chi connectivity index (χ1) is 17.8. The van der Waals surface area contributed by atoms with E-state index in [1.165, 1.54) is 34.4 Å². The van der Waals surface area contributed by atoms with Crippen LogP contribution in [0.5, 0.6) is 11.5 Å². The van der Waals surface area contributed by atoms with Gasteiger partial charge in [0.25, 0.3) is 11.5 Å². The van der Waals surface area contributed by atoms with Crippen LogP contribution in [0.1, 0.15) is 22.9 Å². The van der Waals surface area contributed by atoms with E-state index in [9.17, 15) is 23.2 Å². The maximum absolute atomic E-state index is 13.6. The number of para-hydroxylation sites is 1. The Morgan fingerprint density at radius 2 is 1.62 bits per heavy atom. The van der Waals surface area contributed by atoms with Crippen LogP contribution >= 0.6 is 0 Å². The number of hydrogen-bond acceptors (Lipinski definition) is 6. The molecule has 1 unspecified atom stereocenters. The zero-order valence-electron chi connectivity index (χ0n) is 19.8. The largest absolute Gasteiger partial charge is 0.457 e. The average Bonchev–Trinajstić information content (AvgIpc) is 3.26. The fourth-order valence-corrected chi connectivity index (χ4v) is 5.92. The van der Waals surface area contributed by atoms with Crippen molar-refractivity contribution < 1.29 is 23.2 Å². The normalized spacial score (nSPS) is 15.7. The molecule has 190 valence electrons. The molecule has 1 aliphatic rings. The second kappa shape index (κ2) is 9.69. The topological polar surface area (TPSA) is 134 Å². The predicted molar refractivity (Wildman–Crippen MR) is 134 cm³/mol. The molecule has 37 heavy (non-hydrogen) atoms. The van der Waals surface area contributed by atoms with Crippen molar-refractivity contribution in [1.29, 1.82) is 0 Å². The highest BCUT2D eigenvalue weighted by Gasteiger charge is 2.43. The van der Waals surface area contributed by atoms with Crippen LogP contribution in [0.2, 0.25) is 0 Å². The van der Waals surface area contributed by atoms with E-state index in [4.69, 9.17) is 4.74 Å². The van der Waals surface area contributed by atoms with Crippen LogP contribution in [0.15, 0.2) is 88.6 Å². The van der Waals surface area contributed by atoms with Crippen molar-refractivity contribution in [2.24, 2.45) is 0 Å². The Morgan fingerprint density at radius 3 is 2.24 bits per heavy atom. The summed E-state index contributed by atoms with van der Waals surface area (Å²) in [6.07, 6.45) is 0.174. The number of nitrogens with zero attached hydrogens (tertiary/aromatic N) is 2.